The van der Waals surface area contributed by atoms with Crippen LogP contribution < -0.4 is 0 Å². The van der Waals surface area contributed by atoms with Crippen molar-refractivity contribution in [2.24, 2.45) is 0 Å². The van der Waals surface area contributed by atoms with E-state index in [2.05, 4.69) is 0 Å². The van der Waals surface area contributed by atoms with Gasteiger partial charge in [0.25, 0.3) is 20.2 Å². The van der Waals surface area contributed by atoms with Gasteiger partial charge in [0.1, 0.15) is 0 Å². The molecule has 1 atom stereocenters. The summed E-state index contributed by atoms with van der Waals surface area (Å²) in [6, 6.07) is 0. The van der Waals surface area contributed by atoms with E-state index in [0.29, 0.717) is 38.5 Å². The van der Waals surface area contributed by atoms with Crippen molar-refractivity contribution in [3.8, 4) is 0 Å². The fourth-order valence-corrected chi connectivity index (χ4v) is 3.57. The van der Waals surface area contributed by atoms with Gasteiger partial charge in [-0.15, -0.1) is 0 Å². The first-order valence-electron chi connectivity index (χ1n) is 7.08. The summed E-state index contributed by atoms with van der Waals surface area (Å²) in [5.41, 5.74) is 0. The summed E-state index contributed by atoms with van der Waals surface area (Å²) in [7, 11) is -7.90. The van der Waals surface area contributed by atoms with Gasteiger partial charge in [-0.1, -0.05) is 45.4 Å². The van der Waals surface area contributed by atoms with Crippen molar-refractivity contribution in [1.29, 1.82) is 0 Å². The molecule has 0 amide bonds. The van der Waals surface area contributed by atoms with Crippen LogP contribution >= 0.6 is 0 Å². The average Bonchev–Trinajstić information content (AvgIpc) is 2.28. The Morgan fingerprint density at radius 2 is 1.29 bits per heavy atom. The van der Waals surface area contributed by atoms with E-state index in [9.17, 15) is 16.8 Å². The van der Waals surface area contributed by atoms with Crippen LogP contribution in [0.15, 0.2) is 0 Å². The number of hydrogen-bond donors (Lipinski definition) is 2. The molecule has 124 valence electrons. The van der Waals surface area contributed by atoms with Gasteiger partial charge < -0.3 is 0 Å². The first-order chi connectivity index (χ1) is 9.17. The van der Waals surface area contributed by atoms with Crippen molar-refractivity contribution in [2.75, 3.05) is 5.75 Å². The van der Waals surface area contributed by atoms with Crippen molar-refractivity contribution in [3.05, 3.63) is 0 Å². The zero-order valence-corrected chi connectivity index (χ0v) is 13.6. The van der Waals surface area contributed by atoms with Gasteiger partial charge in [0.2, 0.25) is 0 Å². The Kier molecular flexibility index (Phi) is 14.1. The Balaban J connectivity index is 0. The standard InChI is InChI=1S/C12H26O6S2.Na.H/c1-2-3-6-9-12(20(16,17)18)10-7-4-5-8-11-19(13,14)15;;/h12H,2-11H2,1H3,(H,13,14,15)(H,16,17,18);;. The van der Waals surface area contributed by atoms with Crippen LogP contribution in [0.25, 0.3) is 0 Å². The predicted molar refractivity (Wildman–Crippen MR) is 86.1 cm³/mol. The molecule has 0 radical (unpaired) electrons. The summed E-state index contributed by atoms with van der Waals surface area (Å²) >= 11 is 0. The van der Waals surface area contributed by atoms with Gasteiger partial charge in [0, 0.05) is 0 Å². The molecule has 2 N–H and O–H groups in total. The van der Waals surface area contributed by atoms with Crippen LogP contribution in [0.5, 0.6) is 0 Å². The van der Waals surface area contributed by atoms with E-state index >= 15 is 0 Å². The van der Waals surface area contributed by atoms with Gasteiger partial charge in [-0.05, 0) is 19.3 Å². The molecule has 0 saturated heterocycles. The summed E-state index contributed by atoms with van der Waals surface area (Å²) < 4.78 is 61.1. The second-order valence-electron chi connectivity index (χ2n) is 5.12. The topological polar surface area (TPSA) is 109 Å². The molecule has 0 aliphatic rings. The van der Waals surface area contributed by atoms with Gasteiger partial charge in [0.15, 0.2) is 0 Å². The first-order valence-corrected chi connectivity index (χ1v) is 10.2. The van der Waals surface area contributed by atoms with Crippen LogP contribution in [0.2, 0.25) is 0 Å². The summed E-state index contributed by atoms with van der Waals surface area (Å²) in [5.74, 6) is -0.259. The van der Waals surface area contributed by atoms with Crippen LogP contribution in [0.1, 0.15) is 64.7 Å². The third kappa shape index (κ3) is 15.5. The SMILES string of the molecule is CCCCCC(CCCCCCS(=O)(=O)O)S(=O)(=O)O.[NaH]. The van der Waals surface area contributed by atoms with Crippen molar-refractivity contribution in [2.45, 2.75) is 70.0 Å². The fraction of sp³-hybridized carbons (Fsp3) is 1.00. The zero-order valence-electron chi connectivity index (χ0n) is 12.0. The molecule has 0 saturated carbocycles. The molecule has 0 aromatic rings. The summed E-state index contributed by atoms with van der Waals surface area (Å²) in [4.78, 5) is 0. The van der Waals surface area contributed by atoms with Crippen molar-refractivity contribution >= 4 is 49.8 Å². The Bertz CT molecular complexity index is 446. The summed E-state index contributed by atoms with van der Waals surface area (Å²) in [5, 5.41) is -0.712. The van der Waals surface area contributed by atoms with Crippen LogP contribution in [0.4, 0.5) is 0 Å². The van der Waals surface area contributed by atoms with E-state index in [1.165, 1.54) is 0 Å². The van der Waals surface area contributed by atoms with E-state index in [1.807, 2.05) is 6.92 Å². The Morgan fingerprint density at radius 1 is 0.810 bits per heavy atom. The molecule has 0 bridgehead atoms. The second-order valence-corrected chi connectivity index (χ2v) is 8.39. The maximum absolute atomic E-state index is 11.2. The molecule has 0 aliphatic heterocycles. The molecule has 0 aliphatic carbocycles. The van der Waals surface area contributed by atoms with E-state index < -0.39 is 25.5 Å². The van der Waals surface area contributed by atoms with Crippen molar-refractivity contribution in [1.82, 2.24) is 0 Å². The average molecular weight is 354 g/mol. The fourth-order valence-electron chi connectivity index (χ4n) is 2.07. The van der Waals surface area contributed by atoms with Crippen molar-refractivity contribution < 1.29 is 25.9 Å². The van der Waals surface area contributed by atoms with Crippen LogP contribution in [0, 0.1) is 0 Å². The molecule has 0 spiro atoms. The normalized spacial score (nSPS) is 13.7. The van der Waals surface area contributed by atoms with Gasteiger partial charge in [-0.3, -0.25) is 9.11 Å². The molecule has 0 aromatic carbocycles. The number of rotatable bonds is 12. The monoisotopic (exact) mass is 354 g/mol. The predicted octanol–water partition coefficient (Wildman–Crippen LogP) is 2.01. The van der Waals surface area contributed by atoms with Gasteiger partial charge >= 0.3 is 29.6 Å². The van der Waals surface area contributed by atoms with Crippen LogP contribution in [-0.4, -0.2) is 66.5 Å². The Morgan fingerprint density at radius 3 is 1.71 bits per heavy atom. The second kappa shape index (κ2) is 12.3. The third-order valence-corrected chi connectivity index (χ3v) is 5.35. The molecule has 1 unspecified atom stereocenters. The maximum atomic E-state index is 11.2. The molecule has 0 aromatic heterocycles. The molecule has 0 fully saturated rings. The van der Waals surface area contributed by atoms with Gasteiger partial charge in [-0.25, -0.2) is 0 Å². The molecule has 0 heterocycles. The molecule has 9 heteroatoms. The molecule has 0 rings (SSSR count). The van der Waals surface area contributed by atoms with Crippen LogP contribution in [-0.2, 0) is 20.2 Å². The zero-order chi connectivity index (χ0) is 15.6. The molecule has 21 heavy (non-hydrogen) atoms. The van der Waals surface area contributed by atoms with E-state index in [4.69, 9.17) is 9.11 Å². The van der Waals surface area contributed by atoms with E-state index in [1.54, 1.807) is 0 Å². The summed E-state index contributed by atoms with van der Waals surface area (Å²) in [6.07, 6.45) is 5.89. The van der Waals surface area contributed by atoms with E-state index in [0.717, 1.165) is 19.3 Å². The molecular weight excluding hydrogens is 327 g/mol. The Labute approximate surface area is 150 Å². The van der Waals surface area contributed by atoms with Crippen molar-refractivity contribution in [3.63, 3.8) is 0 Å². The van der Waals surface area contributed by atoms with Gasteiger partial charge in [0.05, 0.1) is 11.0 Å². The number of hydrogen-bond acceptors (Lipinski definition) is 4. The van der Waals surface area contributed by atoms with Crippen LogP contribution in [0.3, 0.4) is 0 Å². The molecular formula is C12H27NaO6S2. The number of unbranched alkanes of at least 4 members (excludes halogenated alkanes) is 5. The first kappa shape index (κ1) is 24.1. The van der Waals surface area contributed by atoms with E-state index in [-0.39, 0.29) is 35.3 Å². The quantitative estimate of drug-likeness (QED) is 0.315. The minimum absolute atomic E-state index is 0. The third-order valence-electron chi connectivity index (χ3n) is 3.23. The summed E-state index contributed by atoms with van der Waals surface area (Å²) in [6.45, 7) is 2.03. The van der Waals surface area contributed by atoms with Gasteiger partial charge in [-0.2, -0.15) is 16.8 Å². The molecule has 6 nitrogen and oxygen atoms in total. The Hall–Kier alpha value is 0.820. The minimum atomic E-state index is -4.00.